The average molecular weight is 288 g/mol. The summed E-state index contributed by atoms with van der Waals surface area (Å²) in [6.07, 6.45) is 0. The van der Waals surface area contributed by atoms with Gasteiger partial charge in [0.25, 0.3) is 5.91 Å². The fourth-order valence-electron chi connectivity index (χ4n) is 0.957. The van der Waals surface area contributed by atoms with Crippen molar-refractivity contribution in [3.8, 4) is 0 Å². The number of halogens is 1. The Labute approximate surface area is 97.6 Å². The van der Waals surface area contributed by atoms with E-state index < -0.39 is 0 Å². The molecule has 0 spiro atoms. The number of aryl methyl sites for hydroxylation is 1. The van der Waals surface area contributed by atoms with Gasteiger partial charge in [-0.25, -0.2) is 0 Å². The van der Waals surface area contributed by atoms with Crippen LogP contribution in [0.2, 0.25) is 0 Å². The number of nitrogens with zero attached hydrogens (tertiary/aromatic N) is 2. The molecule has 0 saturated carbocycles. The average Bonchev–Trinajstić information content (AvgIpc) is 2.75. The zero-order chi connectivity index (χ0) is 10.8. The summed E-state index contributed by atoms with van der Waals surface area (Å²) in [6.45, 7) is 1.68. The molecule has 0 bridgehead atoms. The number of aromatic nitrogens is 2. The Bertz CT molecular complexity index is 494. The van der Waals surface area contributed by atoms with Crippen molar-refractivity contribution in [2.45, 2.75) is 6.92 Å². The number of carbonyl (C=O) groups excluding carboxylic acids is 1. The van der Waals surface area contributed by atoms with Crippen molar-refractivity contribution >= 4 is 39.2 Å². The smallest absolute Gasteiger partial charge is 0.315 e. The van der Waals surface area contributed by atoms with Gasteiger partial charge in [-0.1, -0.05) is 5.16 Å². The van der Waals surface area contributed by atoms with Gasteiger partial charge in [-0.2, -0.15) is 4.98 Å². The first kappa shape index (κ1) is 10.3. The van der Waals surface area contributed by atoms with Crippen molar-refractivity contribution in [2.75, 3.05) is 5.32 Å². The summed E-state index contributed by atoms with van der Waals surface area (Å²) < 4.78 is 5.52. The number of hydrogen-bond donors (Lipinski definition) is 1. The summed E-state index contributed by atoms with van der Waals surface area (Å²) >= 11 is 4.60. The van der Waals surface area contributed by atoms with Gasteiger partial charge in [0.15, 0.2) is 5.82 Å². The first-order valence-corrected chi connectivity index (χ1v) is 5.69. The van der Waals surface area contributed by atoms with E-state index in [-0.39, 0.29) is 11.9 Å². The second kappa shape index (κ2) is 4.11. The van der Waals surface area contributed by atoms with E-state index in [1.54, 1.807) is 13.0 Å². The molecular formula is C8H6BrN3O2S. The molecule has 2 rings (SSSR count). The van der Waals surface area contributed by atoms with Crippen LogP contribution in [-0.2, 0) is 0 Å². The summed E-state index contributed by atoms with van der Waals surface area (Å²) in [7, 11) is 0. The van der Waals surface area contributed by atoms with Crippen LogP contribution in [-0.4, -0.2) is 16.0 Å². The topological polar surface area (TPSA) is 68.0 Å². The normalized spacial score (nSPS) is 10.3. The predicted molar refractivity (Wildman–Crippen MR) is 59.0 cm³/mol. The molecule has 0 aromatic carbocycles. The van der Waals surface area contributed by atoms with E-state index >= 15 is 0 Å². The predicted octanol–water partition coefficient (Wildman–Crippen LogP) is 2.45. The highest BCUT2D eigenvalue weighted by atomic mass is 79.9. The van der Waals surface area contributed by atoms with E-state index in [9.17, 15) is 4.79 Å². The Morgan fingerprint density at radius 1 is 1.67 bits per heavy atom. The van der Waals surface area contributed by atoms with Gasteiger partial charge in [0, 0.05) is 4.47 Å². The highest BCUT2D eigenvalue weighted by Gasteiger charge is 2.14. The Hall–Kier alpha value is -1.21. The largest absolute Gasteiger partial charge is 0.328 e. The third kappa shape index (κ3) is 2.24. The molecule has 15 heavy (non-hydrogen) atoms. The van der Waals surface area contributed by atoms with Gasteiger partial charge in [0.05, 0.1) is 0 Å². The Kier molecular flexibility index (Phi) is 2.83. The maximum atomic E-state index is 11.6. The molecule has 0 fully saturated rings. The van der Waals surface area contributed by atoms with Crippen molar-refractivity contribution in [3.05, 3.63) is 26.6 Å². The van der Waals surface area contributed by atoms with Gasteiger partial charge >= 0.3 is 6.01 Å². The van der Waals surface area contributed by atoms with Gasteiger partial charge in [-0.05, 0) is 34.3 Å². The third-order valence-corrected chi connectivity index (χ3v) is 3.41. The number of carbonyl (C=O) groups is 1. The van der Waals surface area contributed by atoms with Crippen LogP contribution >= 0.6 is 27.3 Å². The molecule has 0 aliphatic carbocycles. The van der Waals surface area contributed by atoms with Crippen LogP contribution in [0.25, 0.3) is 0 Å². The van der Waals surface area contributed by atoms with Crippen LogP contribution in [0.1, 0.15) is 15.5 Å². The number of rotatable bonds is 2. The van der Waals surface area contributed by atoms with Crippen LogP contribution in [0.4, 0.5) is 6.01 Å². The molecule has 0 atom stereocenters. The van der Waals surface area contributed by atoms with Crippen LogP contribution in [0.5, 0.6) is 0 Å². The van der Waals surface area contributed by atoms with Crippen molar-refractivity contribution in [3.63, 3.8) is 0 Å². The van der Waals surface area contributed by atoms with Gasteiger partial charge in [0.2, 0.25) is 0 Å². The standard InChI is InChI=1S/C8H6BrN3O2S/c1-4-10-8(14-12-4)11-7(13)6-5(9)2-3-15-6/h2-3H,1H3,(H,10,11,12,13). The molecule has 2 aromatic heterocycles. The van der Waals surface area contributed by atoms with E-state index in [4.69, 9.17) is 4.52 Å². The van der Waals surface area contributed by atoms with E-state index in [0.29, 0.717) is 10.7 Å². The first-order chi connectivity index (χ1) is 7.16. The lowest BCUT2D eigenvalue weighted by molar-refractivity contribution is 0.102. The van der Waals surface area contributed by atoms with Crippen molar-refractivity contribution in [1.29, 1.82) is 0 Å². The third-order valence-electron chi connectivity index (χ3n) is 1.57. The van der Waals surface area contributed by atoms with E-state index in [0.717, 1.165) is 4.47 Å². The molecule has 2 heterocycles. The summed E-state index contributed by atoms with van der Waals surface area (Å²) in [5.41, 5.74) is 0. The molecule has 0 radical (unpaired) electrons. The van der Waals surface area contributed by atoms with Crippen LogP contribution in [0.15, 0.2) is 20.4 Å². The fraction of sp³-hybridized carbons (Fsp3) is 0.125. The number of amides is 1. The molecule has 7 heteroatoms. The lowest BCUT2D eigenvalue weighted by Crippen LogP contribution is -2.10. The fourth-order valence-corrected chi connectivity index (χ4v) is 2.40. The van der Waals surface area contributed by atoms with E-state index in [1.807, 2.05) is 5.38 Å². The minimum absolute atomic E-state index is 0.109. The minimum Gasteiger partial charge on any atom is -0.315 e. The molecule has 2 aromatic rings. The molecule has 0 aliphatic heterocycles. The molecule has 78 valence electrons. The van der Waals surface area contributed by atoms with Crippen molar-refractivity contribution < 1.29 is 9.32 Å². The SMILES string of the molecule is Cc1noc(NC(=O)c2sccc2Br)n1. The number of nitrogens with one attached hydrogen (secondary N) is 1. The summed E-state index contributed by atoms with van der Waals surface area (Å²) in [5, 5.41) is 7.89. The second-order valence-electron chi connectivity index (χ2n) is 2.70. The van der Waals surface area contributed by atoms with Gasteiger partial charge in [-0.3, -0.25) is 10.1 Å². The van der Waals surface area contributed by atoms with Crippen molar-refractivity contribution in [1.82, 2.24) is 10.1 Å². The van der Waals surface area contributed by atoms with Gasteiger partial charge in [0.1, 0.15) is 4.88 Å². The number of thiophene rings is 1. The van der Waals surface area contributed by atoms with Gasteiger partial charge < -0.3 is 4.52 Å². The lowest BCUT2D eigenvalue weighted by Gasteiger charge is -1.96. The monoisotopic (exact) mass is 287 g/mol. The Balaban J connectivity index is 2.14. The molecule has 5 nitrogen and oxygen atoms in total. The second-order valence-corrected chi connectivity index (χ2v) is 4.47. The molecule has 0 unspecified atom stereocenters. The molecule has 0 aliphatic rings. The van der Waals surface area contributed by atoms with E-state index in [1.165, 1.54) is 11.3 Å². The summed E-state index contributed by atoms with van der Waals surface area (Å²) in [6, 6.07) is 1.91. The Morgan fingerprint density at radius 2 is 2.47 bits per heavy atom. The maximum absolute atomic E-state index is 11.6. The van der Waals surface area contributed by atoms with Crippen molar-refractivity contribution in [2.24, 2.45) is 0 Å². The number of hydrogen-bond acceptors (Lipinski definition) is 5. The maximum Gasteiger partial charge on any atom is 0.328 e. The van der Waals surface area contributed by atoms with Crippen LogP contribution in [0, 0.1) is 6.92 Å². The highest BCUT2D eigenvalue weighted by molar-refractivity contribution is 9.10. The summed E-state index contributed by atoms with van der Waals surface area (Å²) in [5.74, 6) is 0.219. The zero-order valence-corrected chi connectivity index (χ0v) is 10.1. The Morgan fingerprint density at radius 3 is 3.00 bits per heavy atom. The number of anilines is 1. The molecule has 0 saturated heterocycles. The highest BCUT2D eigenvalue weighted by Crippen LogP contribution is 2.23. The first-order valence-electron chi connectivity index (χ1n) is 4.01. The molecule has 1 N–H and O–H groups in total. The quantitative estimate of drug-likeness (QED) is 0.921. The van der Waals surface area contributed by atoms with Gasteiger partial charge in [-0.15, -0.1) is 11.3 Å². The molecule has 1 amide bonds. The minimum atomic E-state index is -0.263. The van der Waals surface area contributed by atoms with Crippen LogP contribution in [0.3, 0.4) is 0 Å². The lowest BCUT2D eigenvalue weighted by atomic mass is 10.4. The van der Waals surface area contributed by atoms with Crippen LogP contribution < -0.4 is 5.32 Å². The summed E-state index contributed by atoms with van der Waals surface area (Å²) in [4.78, 5) is 16.1. The van der Waals surface area contributed by atoms with E-state index in [2.05, 4.69) is 31.4 Å². The molecular weight excluding hydrogens is 282 g/mol. The zero-order valence-electron chi connectivity index (χ0n) is 7.65.